The van der Waals surface area contributed by atoms with Gasteiger partial charge in [-0.25, -0.2) is 0 Å². The van der Waals surface area contributed by atoms with Gasteiger partial charge in [-0.2, -0.15) is 0 Å². The number of hydrogen-bond acceptors (Lipinski definition) is 4. The molecule has 1 atom stereocenters. The van der Waals surface area contributed by atoms with Crippen molar-refractivity contribution in [1.29, 1.82) is 0 Å². The van der Waals surface area contributed by atoms with Crippen molar-refractivity contribution in [1.82, 2.24) is 4.72 Å². The van der Waals surface area contributed by atoms with E-state index >= 15 is 0 Å². The third-order valence-electron chi connectivity index (χ3n) is 1.29. The summed E-state index contributed by atoms with van der Waals surface area (Å²) in [7, 11) is 0. The van der Waals surface area contributed by atoms with Crippen LogP contribution in [0.25, 0.3) is 0 Å². The number of nitrogens with two attached hydrogens (primary N) is 1. The average molecular weight is 186 g/mol. The van der Waals surface area contributed by atoms with Gasteiger partial charge in [-0.15, -0.1) is 12.3 Å². The molecular formula is C7H10N2O2S. The number of carbonyl (C=O) groups is 2. The van der Waals surface area contributed by atoms with Gasteiger partial charge in [0.05, 0.1) is 6.04 Å². The summed E-state index contributed by atoms with van der Waals surface area (Å²) in [6.45, 7) is 0. The molecule has 1 amide bonds. The standard InChI is InChI=1S/C7H10N2O2S/c1-2-3-4-5(9-12)6(10)7(8)11/h1,5,9,12H,3-4H2,(H2,8,11). The van der Waals surface area contributed by atoms with Gasteiger partial charge in [0.2, 0.25) is 5.78 Å². The van der Waals surface area contributed by atoms with Crippen molar-refractivity contribution in [3.05, 3.63) is 0 Å². The van der Waals surface area contributed by atoms with Crippen molar-refractivity contribution in [3.63, 3.8) is 0 Å². The molecule has 1 unspecified atom stereocenters. The first-order valence-electron chi connectivity index (χ1n) is 3.30. The Bertz CT molecular complexity index is 222. The maximum absolute atomic E-state index is 10.9. The molecule has 0 bridgehead atoms. The fourth-order valence-corrected chi connectivity index (χ4v) is 0.900. The van der Waals surface area contributed by atoms with Crippen LogP contribution in [0.1, 0.15) is 12.8 Å². The lowest BCUT2D eigenvalue weighted by Gasteiger charge is -2.09. The molecule has 0 rings (SSSR count). The summed E-state index contributed by atoms with van der Waals surface area (Å²) in [6.07, 6.45) is 5.74. The number of amides is 1. The number of terminal acetylenes is 1. The van der Waals surface area contributed by atoms with Crippen LogP contribution < -0.4 is 10.5 Å². The van der Waals surface area contributed by atoms with Crippen molar-refractivity contribution < 1.29 is 9.59 Å². The van der Waals surface area contributed by atoms with Crippen molar-refractivity contribution >= 4 is 24.5 Å². The van der Waals surface area contributed by atoms with E-state index in [0.29, 0.717) is 12.8 Å². The number of rotatable bonds is 5. The van der Waals surface area contributed by atoms with Crippen LogP contribution >= 0.6 is 12.8 Å². The molecule has 0 radical (unpaired) electrons. The Hall–Kier alpha value is -0.990. The molecule has 0 aromatic heterocycles. The normalized spacial score (nSPS) is 11.7. The molecule has 0 aliphatic rings. The number of primary amides is 1. The minimum Gasteiger partial charge on any atom is -0.363 e. The summed E-state index contributed by atoms with van der Waals surface area (Å²) in [6, 6.07) is -0.679. The van der Waals surface area contributed by atoms with Crippen LogP contribution in [0.5, 0.6) is 0 Å². The highest BCUT2D eigenvalue weighted by molar-refractivity contribution is 7.78. The highest BCUT2D eigenvalue weighted by atomic mass is 32.1. The number of ketones is 1. The average Bonchev–Trinajstić information content (AvgIpc) is 2.05. The van der Waals surface area contributed by atoms with E-state index in [1.807, 2.05) is 0 Å². The minimum atomic E-state index is -0.974. The Labute approximate surface area is 76.4 Å². The zero-order chi connectivity index (χ0) is 9.56. The second-order valence-electron chi connectivity index (χ2n) is 2.15. The lowest BCUT2D eigenvalue weighted by molar-refractivity contribution is -0.137. The Morgan fingerprint density at radius 1 is 1.67 bits per heavy atom. The molecular weight excluding hydrogens is 176 g/mol. The summed E-state index contributed by atoms with van der Waals surface area (Å²) in [4.78, 5) is 21.3. The van der Waals surface area contributed by atoms with E-state index in [1.54, 1.807) is 0 Å². The van der Waals surface area contributed by atoms with Crippen molar-refractivity contribution in [2.45, 2.75) is 18.9 Å². The van der Waals surface area contributed by atoms with Crippen LogP contribution in [-0.2, 0) is 9.59 Å². The molecule has 0 heterocycles. The van der Waals surface area contributed by atoms with E-state index in [1.165, 1.54) is 0 Å². The van der Waals surface area contributed by atoms with Gasteiger partial charge in [-0.1, -0.05) is 12.8 Å². The molecule has 0 aromatic rings. The van der Waals surface area contributed by atoms with Crippen LogP contribution in [0, 0.1) is 12.3 Å². The molecule has 0 aliphatic heterocycles. The van der Waals surface area contributed by atoms with E-state index in [2.05, 4.69) is 23.5 Å². The van der Waals surface area contributed by atoms with Gasteiger partial charge in [0.1, 0.15) is 0 Å². The van der Waals surface area contributed by atoms with Crippen molar-refractivity contribution in [2.24, 2.45) is 5.73 Å². The van der Waals surface area contributed by atoms with Gasteiger partial charge in [0.15, 0.2) is 0 Å². The first-order valence-corrected chi connectivity index (χ1v) is 3.75. The lowest BCUT2D eigenvalue weighted by atomic mass is 10.1. The predicted octanol–water partition coefficient (Wildman–Crippen LogP) is -0.743. The van der Waals surface area contributed by atoms with Gasteiger partial charge in [-0.3, -0.25) is 14.3 Å². The molecule has 0 spiro atoms. The lowest BCUT2D eigenvalue weighted by Crippen LogP contribution is -2.39. The van der Waals surface area contributed by atoms with Gasteiger partial charge in [-0.05, 0) is 6.42 Å². The summed E-state index contributed by atoms with van der Waals surface area (Å²) in [5.41, 5.74) is 4.77. The molecule has 0 saturated heterocycles. The quantitative estimate of drug-likeness (QED) is 0.301. The van der Waals surface area contributed by atoms with E-state index in [0.717, 1.165) is 0 Å². The van der Waals surface area contributed by atoms with Gasteiger partial charge >= 0.3 is 0 Å². The Morgan fingerprint density at radius 3 is 2.58 bits per heavy atom. The number of nitrogens with one attached hydrogen (secondary N) is 1. The second-order valence-corrected chi connectivity index (χ2v) is 2.41. The monoisotopic (exact) mass is 186 g/mol. The van der Waals surface area contributed by atoms with Crippen molar-refractivity contribution in [3.8, 4) is 12.3 Å². The Kier molecular flexibility index (Phi) is 5.17. The van der Waals surface area contributed by atoms with E-state index in [4.69, 9.17) is 12.2 Å². The molecule has 0 aliphatic carbocycles. The fourth-order valence-electron chi connectivity index (χ4n) is 0.654. The van der Waals surface area contributed by atoms with Crippen LogP contribution in [0.3, 0.4) is 0 Å². The number of hydrogen-bond donors (Lipinski definition) is 3. The van der Waals surface area contributed by atoms with Gasteiger partial charge in [0, 0.05) is 6.42 Å². The third-order valence-corrected chi connectivity index (χ3v) is 1.60. The van der Waals surface area contributed by atoms with E-state index in [9.17, 15) is 9.59 Å². The number of carbonyl (C=O) groups excluding carboxylic acids is 2. The Morgan fingerprint density at radius 2 is 2.25 bits per heavy atom. The number of Topliss-reactive ketones (excluding diaryl/α,β-unsaturated/α-hetero) is 1. The summed E-state index contributed by atoms with van der Waals surface area (Å²) < 4.78 is 2.37. The van der Waals surface area contributed by atoms with Crippen molar-refractivity contribution in [2.75, 3.05) is 0 Å². The SMILES string of the molecule is C#CCCC(NS)C(=O)C(N)=O. The molecule has 0 fully saturated rings. The fraction of sp³-hybridized carbons (Fsp3) is 0.429. The van der Waals surface area contributed by atoms with E-state index in [-0.39, 0.29) is 0 Å². The molecule has 4 nitrogen and oxygen atoms in total. The van der Waals surface area contributed by atoms with Crippen LogP contribution in [0.2, 0.25) is 0 Å². The smallest absolute Gasteiger partial charge is 0.286 e. The summed E-state index contributed by atoms with van der Waals surface area (Å²) in [5.74, 6) is 0.680. The maximum Gasteiger partial charge on any atom is 0.286 e. The molecule has 66 valence electrons. The third kappa shape index (κ3) is 3.42. The zero-order valence-corrected chi connectivity index (χ0v) is 7.30. The summed E-state index contributed by atoms with van der Waals surface area (Å²) >= 11 is 3.68. The molecule has 5 heteroatoms. The second kappa shape index (κ2) is 5.63. The molecule has 0 aromatic carbocycles. The first kappa shape index (κ1) is 11.0. The number of thiol groups is 1. The van der Waals surface area contributed by atoms with Gasteiger partial charge in [0.25, 0.3) is 5.91 Å². The first-order chi connectivity index (χ1) is 5.63. The highest BCUT2D eigenvalue weighted by Gasteiger charge is 2.20. The summed E-state index contributed by atoms with van der Waals surface area (Å²) in [5, 5.41) is 0. The van der Waals surface area contributed by atoms with Crippen LogP contribution in [-0.4, -0.2) is 17.7 Å². The minimum absolute atomic E-state index is 0.363. The maximum atomic E-state index is 10.9. The van der Waals surface area contributed by atoms with Crippen LogP contribution in [0.4, 0.5) is 0 Å². The van der Waals surface area contributed by atoms with Gasteiger partial charge < -0.3 is 5.73 Å². The molecule has 12 heavy (non-hydrogen) atoms. The topological polar surface area (TPSA) is 72.2 Å². The molecule has 0 saturated carbocycles. The predicted molar refractivity (Wildman–Crippen MR) is 48.2 cm³/mol. The largest absolute Gasteiger partial charge is 0.363 e. The van der Waals surface area contributed by atoms with E-state index < -0.39 is 17.7 Å². The zero-order valence-electron chi connectivity index (χ0n) is 6.41. The molecule has 3 N–H and O–H groups in total. The Balaban J connectivity index is 4.07. The van der Waals surface area contributed by atoms with Crippen LogP contribution in [0.15, 0.2) is 0 Å². The highest BCUT2D eigenvalue weighted by Crippen LogP contribution is 1.98.